The molecule has 3 aromatic rings. The second kappa shape index (κ2) is 8.06. The highest BCUT2D eigenvalue weighted by atomic mass is 32.1. The summed E-state index contributed by atoms with van der Waals surface area (Å²) in [4.78, 5) is 21.3. The van der Waals surface area contributed by atoms with Crippen LogP contribution in [0.1, 0.15) is 18.5 Å². The SMILES string of the molecule is COc1cc([C@@H]2C(C(=O)Nc3nccs3)=C(C)Nc3ncnn32)ccc1OC(F)F. The van der Waals surface area contributed by atoms with E-state index in [1.807, 2.05) is 0 Å². The summed E-state index contributed by atoms with van der Waals surface area (Å²) in [7, 11) is 1.35. The number of anilines is 2. The van der Waals surface area contributed by atoms with E-state index in [4.69, 9.17) is 4.74 Å². The average molecular weight is 434 g/mol. The lowest BCUT2D eigenvalue weighted by molar-refractivity contribution is -0.113. The number of halogens is 2. The van der Waals surface area contributed by atoms with Gasteiger partial charge in [-0.1, -0.05) is 6.07 Å². The number of aromatic nitrogens is 4. The number of carbonyl (C=O) groups is 1. The van der Waals surface area contributed by atoms with Gasteiger partial charge in [0.05, 0.1) is 12.7 Å². The summed E-state index contributed by atoms with van der Waals surface area (Å²) in [5.74, 6) is 0.0481. The Kier molecular flexibility index (Phi) is 5.31. The quantitative estimate of drug-likeness (QED) is 0.614. The number of thiazole rings is 1. The van der Waals surface area contributed by atoms with E-state index < -0.39 is 12.7 Å². The van der Waals surface area contributed by atoms with Crippen molar-refractivity contribution in [3.05, 3.63) is 52.9 Å². The van der Waals surface area contributed by atoms with Gasteiger partial charge in [0.1, 0.15) is 12.4 Å². The van der Waals surface area contributed by atoms with Crippen LogP contribution >= 0.6 is 11.3 Å². The molecule has 1 aromatic carbocycles. The summed E-state index contributed by atoms with van der Waals surface area (Å²) < 4.78 is 36.6. The summed E-state index contributed by atoms with van der Waals surface area (Å²) in [6, 6.07) is 3.79. The number of benzene rings is 1. The van der Waals surface area contributed by atoms with Crippen LogP contribution in [0.4, 0.5) is 19.9 Å². The van der Waals surface area contributed by atoms with Gasteiger partial charge < -0.3 is 14.8 Å². The fourth-order valence-corrected chi connectivity index (χ4v) is 3.71. The van der Waals surface area contributed by atoms with Crippen molar-refractivity contribution in [1.82, 2.24) is 19.7 Å². The first kappa shape index (κ1) is 19.8. The molecule has 0 saturated heterocycles. The summed E-state index contributed by atoms with van der Waals surface area (Å²) in [5, 5.41) is 12.2. The molecule has 30 heavy (non-hydrogen) atoms. The largest absolute Gasteiger partial charge is 0.493 e. The van der Waals surface area contributed by atoms with Crippen LogP contribution in [-0.4, -0.2) is 39.4 Å². The lowest BCUT2D eigenvalue weighted by Crippen LogP contribution is -2.31. The molecule has 156 valence electrons. The van der Waals surface area contributed by atoms with Gasteiger partial charge in [-0.2, -0.15) is 18.9 Å². The molecule has 1 aliphatic rings. The van der Waals surface area contributed by atoms with E-state index in [1.165, 1.54) is 41.6 Å². The molecule has 2 aromatic heterocycles. The number of hydrogen-bond acceptors (Lipinski definition) is 8. The molecule has 0 radical (unpaired) electrons. The van der Waals surface area contributed by atoms with Gasteiger partial charge in [0.15, 0.2) is 16.6 Å². The van der Waals surface area contributed by atoms with Crippen LogP contribution in [0.25, 0.3) is 0 Å². The topological polar surface area (TPSA) is 103 Å². The number of carbonyl (C=O) groups excluding carboxylic acids is 1. The third kappa shape index (κ3) is 3.68. The Balaban J connectivity index is 1.77. The average Bonchev–Trinajstić information content (AvgIpc) is 3.38. The first-order chi connectivity index (χ1) is 14.5. The van der Waals surface area contributed by atoms with Gasteiger partial charge in [-0.25, -0.2) is 9.67 Å². The van der Waals surface area contributed by atoms with Crippen molar-refractivity contribution in [2.24, 2.45) is 0 Å². The Bertz CT molecular complexity index is 1100. The Labute approximate surface area is 173 Å². The number of nitrogens with zero attached hydrogens (tertiary/aromatic N) is 4. The standard InChI is InChI=1S/C18H16F2N6O3S/c1-9-13(15(27)25-18-21-5-6-30-18)14(26-17(24-9)22-8-23-26)10-3-4-11(29-16(19)20)12(7-10)28-2/h3-8,14,16H,1-2H3,(H,21,25,27)(H,22,23,24)/t14-/m1/s1. The minimum Gasteiger partial charge on any atom is -0.493 e. The predicted molar refractivity (Wildman–Crippen MR) is 105 cm³/mol. The lowest BCUT2D eigenvalue weighted by atomic mass is 9.94. The summed E-state index contributed by atoms with van der Waals surface area (Å²) >= 11 is 1.29. The van der Waals surface area contributed by atoms with Gasteiger partial charge in [-0.05, 0) is 24.6 Å². The van der Waals surface area contributed by atoms with Gasteiger partial charge in [-0.3, -0.25) is 10.1 Å². The van der Waals surface area contributed by atoms with Crippen molar-refractivity contribution < 1.29 is 23.0 Å². The minimum atomic E-state index is -2.99. The maximum atomic E-state index is 13.1. The van der Waals surface area contributed by atoms with E-state index >= 15 is 0 Å². The predicted octanol–water partition coefficient (Wildman–Crippen LogP) is 3.27. The molecule has 12 heteroatoms. The third-order valence-corrected chi connectivity index (χ3v) is 5.10. The lowest BCUT2D eigenvalue weighted by Gasteiger charge is -2.29. The maximum Gasteiger partial charge on any atom is 0.387 e. The van der Waals surface area contributed by atoms with E-state index in [2.05, 4.69) is 30.4 Å². The summed E-state index contributed by atoms with van der Waals surface area (Å²) in [6.45, 7) is -1.25. The zero-order valence-corrected chi connectivity index (χ0v) is 16.6. The second-order valence-corrected chi connectivity index (χ2v) is 7.07. The number of methoxy groups -OCH3 is 1. The number of allylic oxidation sites excluding steroid dienone is 1. The fourth-order valence-electron chi connectivity index (χ4n) is 3.19. The second-order valence-electron chi connectivity index (χ2n) is 6.17. The molecule has 0 bridgehead atoms. The van der Waals surface area contributed by atoms with Crippen LogP contribution in [-0.2, 0) is 4.79 Å². The Morgan fingerprint density at radius 1 is 1.33 bits per heavy atom. The van der Waals surface area contributed by atoms with E-state index in [0.717, 1.165) is 0 Å². The summed E-state index contributed by atoms with van der Waals surface area (Å²) in [5.41, 5.74) is 1.51. The molecule has 1 amide bonds. The molecule has 0 aliphatic carbocycles. The molecular weight excluding hydrogens is 418 g/mol. The number of nitrogens with one attached hydrogen (secondary N) is 2. The van der Waals surface area contributed by atoms with E-state index in [9.17, 15) is 13.6 Å². The van der Waals surface area contributed by atoms with Gasteiger partial charge in [0.2, 0.25) is 5.95 Å². The van der Waals surface area contributed by atoms with Crippen LogP contribution in [0, 0.1) is 0 Å². The maximum absolute atomic E-state index is 13.1. The molecule has 1 atom stereocenters. The highest BCUT2D eigenvalue weighted by molar-refractivity contribution is 7.13. The van der Waals surface area contributed by atoms with E-state index in [1.54, 1.807) is 24.6 Å². The molecule has 0 fully saturated rings. The molecule has 0 unspecified atom stereocenters. The third-order valence-electron chi connectivity index (χ3n) is 4.41. The smallest absolute Gasteiger partial charge is 0.387 e. The molecule has 2 N–H and O–H groups in total. The van der Waals surface area contributed by atoms with Crippen LogP contribution in [0.5, 0.6) is 11.5 Å². The van der Waals surface area contributed by atoms with Crippen molar-refractivity contribution in [3.8, 4) is 11.5 Å². The Morgan fingerprint density at radius 2 is 2.17 bits per heavy atom. The van der Waals surface area contributed by atoms with E-state index in [0.29, 0.717) is 27.9 Å². The van der Waals surface area contributed by atoms with Crippen molar-refractivity contribution in [1.29, 1.82) is 0 Å². The molecule has 1 aliphatic heterocycles. The number of amides is 1. The highest BCUT2D eigenvalue weighted by Gasteiger charge is 2.34. The number of alkyl halides is 2. The highest BCUT2D eigenvalue weighted by Crippen LogP contribution is 2.39. The van der Waals surface area contributed by atoms with Crippen LogP contribution < -0.4 is 20.1 Å². The van der Waals surface area contributed by atoms with E-state index in [-0.39, 0.29) is 17.4 Å². The van der Waals surface area contributed by atoms with Crippen LogP contribution in [0.2, 0.25) is 0 Å². The first-order valence-electron chi connectivity index (χ1n) is 8.68. The molecule has 3 heterocycles. The van der Waals surface area contributed by atoms with Crippen molar-refractivity contribution in [3.63, 3.8) is 0 Å². The van der Waals surface area contributed by atoms with Gasteiger partial charge in [-0.15, -0.1) is 11.3 Å². The van der Waals surface area contributed by atoms with Gasteiger partial charge >= 0.3 is 6.61 Å². The van der Waals surface area contributed by atoms with Gasteiger partial charge in [0, 0.05) is 17.3 Å². The molecule has 0 saturated carbocycles. The number of rotatable bonds is 6. The first-order valence-corrected chi connectivity index (χ1v) is 9.56. The van der Waals surface area contributed by atoms with Crippen LogP contribution in [0.3, 0.4) is 0 Å². The number of ether oxygens (including phenoxy) is 2. The zero-order valence-electron chi connectivity index (χ0n) is 15.8. The van der Waals surface area contributed by atoms with Crippen LogP contribution in [0.15, 0.2) is 47.4 Å². The fraction of sp³-hybridized carbons (Fsp3) is 0.222. The number of hydrogen-bond donors (Lipinski definition) is 2. The van der Waals surface area contributed by atoms with Gasteiger partial charge in [0.25, 0.3) is 5.91 Å². The minimum absolute atomic E-state index is 0.102. The monoisotopic (exact) mass is 434 g/mol. The number of fused-ring (bicyclic) bond motifs is 1. The summed E-state index contributed by atoms with van der Waals surface area (Å²) in [6.07, 6.45) is 2.94. The molecule has 0 spiro atoms. The zero-order chi connectivity index (χ0) is 21.3. The molecule has 4 rings (SSSR count). The normalized spacial score (nSPS) is 15.6. The Hall–Kier alpha value is -3.54. The van der Waals surface area contributed by atoms with Crippen molar-refractivity contribution in [2.45, 2.75) is 19.6 Å². The van der Waals surface area contributed by atoms with Crippen molar-refractivity contribution in [2.75, 3.05) is 17.7 Å². The Morgan fingerprint density at radius 3 is 2.87 bits per heavy atom. The molecule has 9 nitrogen and oxygen atoms in total. The van der Waals surface area contributed by atoms with Crippen molar-refractivity contribution >= 4 is 28.3 Å². The molecular formula is C18H16F2N6O3S.